The Hall–Kier alpha value is -1.58. The first-order valence-corrected chi connectivity index (χ1v) is 8.81. The van der Waals surface area contributed by atoms with Crippen LogP contribution in [0.15, 0.2) is 18.2 Å². The molecular weight excluding hydrogens is 391 g/mol. The number of carbonyl (C=O) groups is 1. The number of carbonyl (C=O) groups excluding carboxylic acids is 1. The van der Waals surface area contributed by atoms with E-state index in [9.17, 15) is 18.0 Å². The van der Waals surface area contributed by atoms with Gasteiger partial charge in [0, 0.05) is 6.42 Å². The third kappa shape index (κ3) is 6.00. The van der Waals surface area contributed by atoms with Crippen molar-refractivity contribution >= 4 is 45.0 Å². The number of nitrogens with zero attached hydrogens (tertiary/aromatic N) is 1. The Labute approximate surface area is 158 Å². The second-order valence-electron chi connectivity index (χ2n) is 6.00. The molecule has 1 aromatic heterocycles. The minimum absolute atomic E-state index is 0. The van der Waals surface area contributed by atoms with Crippen LogP contribution < -0.4 is 15.4 Å². The predicted molar refractivity (Wildman–Crippen MR) is 97.3 cm³/mol. The van der Waals surface area contributed by atoms with Crippen molar-refractivity contribution in [2.75, 3.05) is 25.0 Å². The van der Waals surface area contributed by atoms with Gasteiger partial charge >= 0.3 is 6.18 Å². The normalized spacial score (nSPS) is 17.1. The van der Waals surface area contributed by atoms with Crippen molar-refractivity contribution in [1.82, 2.24) is 10.3 Å². The Morgan fingerprint density at radius 3 is 2.92 bits per heavy atom. The lowest BCUT2D eigenvalue weighted by Gasteiger charge is -2.08. The first kappa shape index (κ1) is 20.7. The average molecular weight is 410 g/mol. The quantitative estimate of drug-likeness (QED) is 0.757. The summed E-state index contributed by atoms with van der Waals surface area (Å²) >= 11 is 1.21. The molecule has 0 saturated carbocycles. The maximum absolute atomic E-state index is 12.2. The molecule has 0 radical (unpaired) electrons. The van der Waals surface area contributed by atoms with Crippen LogP contribution in [-0.4, -0.2) is 36.8 Å². The molecule has 1 aliphatic rings. The Kier molecular flexibility index (Phi) is 7.08. The number of ether oxygens (including phenoxy) is 1. The molecule has 3 rings (SSSR count). The zero-order valence-electron chi connectivity index (χ0n) is 13.8. The fourth-order valence-corrected chi connectivity index (χ4v) is 3.60. The predicted octanol–water partition coefficient (Wildman–Crippen LogP) is 3.99. The van der Waals surface area contributed by atoms with E-state index in [1.165, 1.54) is 23.5 Å². The largest absolute Gasteiger partial charge is 0.484 e. The topological polar surface area (TPSA) is 63.2 Å². The Balaban J connectivity index is 0.00000243. The number of alkyl halides is 3. The molecule has 144 valence electrons. The maximum Gasteiger partial charge on any atom is 0.422 e. The summed E-state index contributed by atoms with van der Waals surface area (Å²) in [4.78, 5) is 16.3. The fourth-order valence-electron chi connectivity index (χ4n) is 2.69. The van der Waals surface area contributed by atoms with E-state index in [0.29, 0.717) is 27.7 Å². The lowest BCUT2D eigenvalue weighted by atomic mass is 10.0. The number of benzene rings is 1. The molecule has 2 heterocycles. The van der Waals surface area contributed by atoms with Crippen molar-refractivity contribution in [2.24, 2.45) is 5.92 Å². The number of hydrogen-bond acceptors (Lipinski definition) is 5. The summed E-state index contributed by atoms with van der Waals surface area (Å²) in [5.74, 6) is 0.564. The maximum atomic E-state index is 12.2. The van der Waals surface area contributed by atoms with E-state index >= 15 is 0 Å². The summed E-state index contributed by atoms with van der Waals surface area (Å²) in [6, 6.07) is 4.52. The molecule has 1 aromatic carbocycles. The fraction of sp³-hybridized carbons (Fsp3) is 0.500. The SMILES string of the molecule is Cl.O=C(CCC1CCNC1)Nc1nc2ccc(OCC(F)(F)F)cc2s1. The van der Waals surface area contributed by atoms with Crippen LogP contribution >= 0.6 is 23.7 Å². The number of aromatic nitrogens is 1. The van der Waals surface area contributed by atoms with E-state index in [4.69, 9.17) is 4.74 Å². The molecule has 2 aromatic rings. The molecule has 0 bridgehead atoms. The van der Waals surface area contributed by atoms with E-state index in [1.807, 2.05) is 0 Å². The number of amides is 1. The van der Waals surface area contributed by atoms with Gasteiger partial charge in [-0.25, -0.2) is 4.98 Å². The number of hydrogen-bond donors (Lipinski definition) is 2. The molecule has 1 amide bonds. The molecule has 0 aliphatic carbocycles. The van der Waals surface area contributed by atoms with E-state index < -0.39 is 12.8 Å². The third-order valence-corrected chi connectivity index (χ3v) is 4.88. The number of rotatable bonds is 6. The summed E-state index contributed by atoms with van der Waals surface area (Å²) in [6.07, 6.45) is -2.02. The minimum atomic E-state index is -4.38. The number of nitrogens with one attached hydrogen (secondary N) is 2. The van der Waals surface area contributed by atoms with Crippen LogP contribution in [0, 0.1) is 5.92 Å². The van der Waals surface area contributed by atoms with Gasteiger partial charge in [0.1, 0.15) is 5.75 Å². The summed E-state index contributed by atoms with van der Waals surface area (Å²) in [6.45, 7) is 0.620. The van der Waals surface area contributed by atoms with Gasteiger partial charge in [0.25, 0.3) is 0 Å². The smallest absolute Gasteiger partial charge is 0.422 e. The number of halogens is 4. The van der Waals surface area contributed by atoms with E-state index in [2.05, 4.69) is 15.6 Å². The molecular formula is C16H19ClF3N3O2S. The van der Waals surface area contributed by atoms with Crippen LogP contribution in [0.2, 0.25) is 0 Å². The zero-order chi connectivity index (χ0) is 17.9. The van der Waals surface area contributed by atoms with Crippen molar-refractivity contribution in [3.05, 3.63) is 18.2 Å². The Morgan fingerprint density at radius 1 is 1.42 bits per heavy atom. The van der Waals surface area contributed by atoms with Crippen molar-refractivity contribution in [3.8, 4) is 5.75 Å². The van der Waals surface area contributed by atoms with Gasteiger partial charge in [-0.05, 0) is 50.0 Å². The van der Waals surface area contributed by atoms with Crippen molar-refractivity contribution < 1.29 is 22.7 Å². The van der Waals surface area contributed by atoms with Gasteiger partial charge in [-0.2, -0.15) is 13.2 Å². The van der Waals surface area contributed by atoms with Crippen LogP contribution in [0.3, 0.4) is 0 Å². The Morgan fingerprint density at radius 2 is 2.23 bits per heavy atom. The highest BCUT2D eigenvalue weighted by Crippen LogP contribution is 2.30. The van der Waals surface area contributed by atoms with Gasteiger partial charge in [0.15, 0.2) is 11.7 Å². The van der Waals surface area contributed by atoms with Gasteiger partial charge < -0.3 is 15.4 Å². The van der Waals surface area contributed by atoms with Gasteiger partial charge in [0.2, 0.25) is 5.91 Å². The standard InChI is InChI=1S/C16H18F3N3O2S.ClH/c17-16(18,19)9-24-11-2-3-12-13(7-11)25-15(21-12)22-14(23)4-1-10-5-6-20-8-10;/h2-3,7,10,20H,1,4-6,8-9H2,(H,21,22,23);1H. The van der Waals surface area contributed by atoms with Gasteiger partial charge in [-0.1, -0.05) is 11.3 Å². The third-order valence-electron chi connectivity index (χ3n) is 3.95. The molecule has 1 unspecified atom stereocenters. The Bertz CT molecular complexity index is 748. The lowest BCUT2D eigenvalue weighted by molar-refractivity contribution is -0.153. The van der Waals surface area contributed by atoms with Gasteiger partial charge in [-0.15, -0.1) is 12.4 Å². The van der Waals surface area contributed by atoms with Crippen molar-refractivity contribution in [1.29, 1.82) is 0 Å². The molecule has 1 aliphatic heterocycles. The summed E-state index contributed by atoms with van der Waals surface area (Å²) in [7, 11) is 0. The zero-order valence-corrected chi connectivity index (χ0v) is 15.4. The average Bonchev–Trinajstić information content (AvgIpc) is 3.18. The number of fused-ring (bicyclic) bond motifs is 1. The van der Waals surface area contributed by atoms with Crippen LogP contribution in [0.4, 0.5) is 18.3 Å². The van der Waals surface area contributed by atoms with E-state index in [1.54, 1.807) is 6.07 Å². The second-order valence-corrected chi connectivity index (χ2v) is 7.03. The lowest BCUT2D eigenvalue weighted by Crippen LogP contribution is -2.19. The van der Waals surface area contributed by atoms with E-state index in [-0.39, 0.29) is 24.1 Å². The van der Waals surface area contributed by atoms with Crippen LogP contribution in [-0.2, 0) is 4.79 Å². The van der Waals surface area contributed by atoms with Gasteiger partial charge in [0.05, 0.1) is 10.2 Å². The summed E-state index contributed by atoms with van der Waals surface area (Å²) in [5, 5.41) is 6.46. The molecule has 1 atom stereocenters. The summed E-state index contributed by atoms with van der Waals surface area (Å²) in [5.41, 5.74) is 0.611. The highest BCUT2D eigenvalue weighted by Gasteiger charge is 2.28. The van der Waals surface area contributed by atoms with Crippen LogP contribution in [0.5, 0.6) is 5.75 Å². The molecule has 1 fully saturated rings. The van der Waals surface area contributed by atoms with Crippen LogP contribution in [0.25, 0.3) is 10.2 Å². The van der Waals surface area contributed by atoms with Crippen molar-refractivity contribution in [2.45, 2.75) is 25.4 Å². The number of anilines is 1. The van der Waals surface area contributed by atoms with E-state index in [0.717, 1.165) is 25.9 Å². The monoisotopic (exact) mass is 409 g/mol. The van der Waals surface area contributed by atoms with Gasteiger partial charge in [-0.3, -0.25) is 4.79 Å². The molecule has 10 heteroatoms. The first-order valence-electron chi connectivity index (χ1n) is 8.00. The minimum Gasteiger partial charge on any atom is -0.484 e. The molecule has 5 nitrogen and oxygen atoms in total. The highest BCUT2D eigenvalue weighted by atomic mass is 35.5. The molecule has 0 spiro atoms. The molecule has 2 N–H and O–H groups in total. The molecule has 26 heavy (non-hydrogen) atoms. The number of thiazole rings is 1. The first-order chi connectivity index (χ1) is 11.9. The summed E-state index contributed by atoms with van der Waals surface area (Å²) < 4.78 is 42.0. The highest BCUT2D eigenvalue weighted by molar-refractivity contribution is 7.22. The van der Waals surface area contributed by atoms with Crippen molar-refractivity contribution in [3.63, 3.8) is 0 Å². The second kappa shape index (κ2) is 8.88. The molecule has 1 saturated heterocycles. The van der Waals surface area contributed by atoms with Crippen LogP contribution in [0.1, 0.15) is 19.3 Å².